The summed E-state index contributed by atoms with van der Waals surface area (Å²) < 4.78 is 0. The van der Waals surface area contributed by atoms with Crippen LogP contribution in [0.3, 0.4) is 0 Å². The molecule has 1 unspecified atom stereocenters. The molecule has 1 atom stereocenters. The van der Waals surface area contributed by atoms with Gasteiger partial charge in [-0.15, -0.1) is 23.7 Å². The molecule has 1 saturated heterocycles. The average Bonchev–Trinajstić information content (AvgIpc) is 2.48. The van der Waals surface area contributed by atoms with Crippen molar-refractivity contribution in [1.82, 2.24) is 9.88 Å². The number of nitrogens with zero attached hydrogens (tertiary/aromatic N) is 2. The summed E-state index contributed by atoms with van der Waals surface area (Å²) in [5.41, 5.74) is 5.63. The Morgan fingerprint density at radius 1 is 1.50 bits per heavy atom. The maximum Gasteiger partial charge on any atom is 0.180 e. The second kappa shape index (κ2) is 6.42. The topological polar surface area (TPSA) is 42.2 Å². The van der Waals surface area contributed by atoms with Gasteiger partial charge in [0.15, 0.2) is 5.13 Å². The van der Waals surface area contributed by atoms with Crippen molar-refractivity contribution < 1.29 is 0 Å². The third-order valence-corrected chi connectivity index (χ3v) is 3.87. The van der Waals surface area contributed by atoms with Crippen molar-refractivity contribution in [1.29, 1.82) is 0 Å². The fraction of sp³-hybridized carbons (Fsp3) is 0.727. The third kappa shape index (κ3) is 3.92. The van der Waals surface area contributed by atoms with Crippen molar-refractivity contribution >= 4 is 28.9 Å². The Bertz CT molecular complexity index is 316. The van der Waals surface area contributed by atoms with Gasteiger partial charge in [0.2, 0.25) is 0 Å². The smallest absolute Gasteiger partial charge is 0.180 e. The van der Waals surface area contributed by atoms with Gasteiger partial charge in [0.1, 0.15) is 0 Å². The summed E-state index contributed by atoms with van der Waals surface area (Å²) >= 11 is 1.61. The minimum absolute atomic E-state index is 0. The molecule has 16 heavy (non-hydrogen) atoms. The molecule has 2 rings (SSSR count). The van der Waals surface area contributed by atoms with E-state index in [0.717, 1.165) is 12.5 Å². The standard InChI is InChI=1S/C11H19N3S.ClH/c1-9-3-2-5-14(6-4-9)8-10-7-13-11(12)15-10;/h7,9H,2-6,8H2,1H3,(H2,12,13);1H. The second-order valence-electron chi connectivity index (χ2n) is 4.48. The van der Waals surface area contributed by atoms with Crippen LogP contribution >= 0.6 is 23.7 Å². The molecule has 0 amide bonds. The molecule has 0 bridgehead atoms. The Labute approximate surface area is 107 Å². The number of halogens is 1. The first-order chi connectivity index (χ1) is 7.24. The Kier molecular flexibility index (Phi) is 5.52. The van der Waals surface area contributed by atoms with Gasteiger partial charge in [-0.1, -0.05) is 6.92 Å². The lowest BCUT2D eigenvalue weighted by Crippen LogP contribution is -2.23. The normalized spacial score (nSPS) is 22.4. The zero-order chi connectivity index (χ0) is 10.7. The first kappa shape index (κ1) is 13.7. The molecule has 1 aromatic heterocycles. The number of nitrogen functional groups attached to an aromatic ring is 1. The van der Waals surface area contributed by atoms with Gasteiger partial charge in [-0.2, -0.15) is 0 Å². The third-order valence-electron chi connectivity index (χ3n) is 3.06. The van der Waals surface area contributed by atoms with Gasteiger partial charge in [0.05, 0.1) is 0 Å². The highest BCUT2D eigenvalue weighted by molar-refractivity contribution is 7.15. The van der Waals surface area contributed by atoms with E-state index in [9.17, 15) is 0 Å². The summed E-state index contributed by atoms with van der Waals surface area (Å²) in [6, 6.07) is 0. The molecule has 1 fully saturated rings. The molecule has 5 heteroatoms. The monoisotopic (exact) mass is 261 g/mol. The van der Waals surface area contributed by atoms with Gasteiger partial charge in [-0.3, -0.25) is 4.90 Å². The van der Waals surface area contributed by atoms with Gasteiger partial charge in [0.25, 0.3) is 0 Å². The van der Waals surface area contributed by atoms with Crippen LogP contribution < -0.4 is 5.73 Å². The van der Waals surface area contributed by atoms with E-state index in [0.29, 0.717) is 5.13 Å². The van der Waals surface area contributed by atoms with E-state index in [2.05, 4.69) is 16.8 Å². The number of anilines is 1. The van der Waals surface area contributed by atoms with Crippen LogP contribution in [0.2, 0.25) is 0 Å². The molecule has 1 aliphatic rings. The molecule has 2 N–H and O–H groups in total. The second-order valence-corrected chi connectivity index (χ2v) is 5.62. The molecule has 92 valence electrons. The Morgan fingerprint density at radius 2 is 2.31 bits per heavy atom. The molecule has 3 nitrogen and oxygen atoms in total. The summed E-state index contributed by atoms with van der Waals surface area (Å²) in [5.74, 6) is 0.890. The zero-order valence-corrected chi connectivity index (χ0v) is 11.3. The SMILES string of the molecule is CC1CCCN(Cc2cnc(N)s2)CC1.Cl. The van der Waals surface area contributed by atoms with E-state index in [4.69, 9.17) is 5.73 Å². The number of hydrogen-bond donors (Lipinski definition) is 1. The molecule has 0 saturated carbocycles. The molecular weight excluding hydrogens is 242 g/mol. The molecule has 2 heterocycles. The van der Waals surface area contributed by atoms with Crippen LogP contribution in [-0.2, 0) is 6.54 Å². The zero-order valence-electron chi connectivity index (χ0n) is 9.69. The highest BCUT2D eigenvalue weighted by Gasteiger charge is 2.14. The van der Waals surface area contributed by atoms with E-state index in [1.807, 2.05) is 6.20 Å². The van der Waals surface area contributed by atoms with E-state index < -0.39 is 0 Å². The van der Waals surface area contributed by atoms with Crippen molar-refractivity contribution in [2.24, 2.45) is 5.92 Å². The minimum atomic E-state index is 0. The van der Waals surface area contributed by atoms with Gasteiger partial charge < -0.3 is 5.73 Å². The van der Waals surface area contributed by atoms with Gasteiger partial charge in [-0.05, 0) is 38.3 Å². The lowest BCUT2D eigenvalue weighted by atomic mass is 10.0. The lowest BCUT2D eigenvalue weighted by molar-refractivity contribution is 0.276. The van der Waals surface area contributed by atoms with Crippen molar-refractivity contribution in [3.63, 3.8) is 0 Å². The molecule has 1 aromatic rings. The highest BCUT2D eigenvalue weighted by atomic mass is 35.5. The van der Waals surface area contributed by atoms with Gasteiger partial charge in [-0.25, -0.2) is 4.98 Å². The highest BCUT2D eigenvalue weighted by Crippen LogP contribution is 2.21. The maximum absolute atomic E-state index is 5.63. The number of rotatable bonds is 2. The first-order valence-electron chi connectivity index (χ1n) is 5.66. The van der Waals surface area contributed by atoms with Crippen LogP contribution in [0, 0.1) is 5.92 Å². The van der Waals surface area contributed by atoms with Crippen molar-refractivity contribution in [3.05, 3.63) is 11.1 Å². The van der Waals surface area contributed by atoms with Crippen LogP contribution in [0.1, 0.15) is 31.1 Å². The minimum Gasteiger partial charge on any atom is -0.375 e. The number of thiazole rings is 1. The van der Waals surface area contributed by atoms with Gasteiger partial charge in [0, 0.05) is 17.6 Å². The molecule has 0 aromatic carbocycles. The van der Waals surface area contributed by atoms with E-state index in [-0.39, 0.29) is 12.4 Å². The summed E-state index contributed by atoms with van der Waals surface area (Å²) in [5, 5.41) is 0.688. The van der Waals surface area contributed by atoms with E-state index in [1.54, 1.807) is 11.3 Å². The van der Waals surface area contributed by atoms with Crippen LogP contribution in [0.4, 0.5) is 5.13 Å². The van der Waals surface area contributed by atoms with Crippen molar-refractivity contribution in [2.75, 3.05) is 18.8 Å². The predicted octanol–water partition coefficient (Wildman–Crippen LogP) is 2.77. The molecule has 0 spiro atoms. The Morgan fingerprint density at radius 3 is 3.00 bits per heavy atom. The van der Waals surface area contributed by atoms with E-state index in [1.165, 1.54) is 37.2 Å². The average molecular weight is 262 g/mol. The summed E-state index contributed by atoms with van der Waals surface area (Å²) in [6.45, 7) is 5.83. The number of aromatic nitrogens is 1. The van der Waals surface area contributed by atoms with Crippen molar-refractivity contribution in [2.45, 2.75) is 32.7 Å². The van der Waals surface area contributed by atoms with Crippen LogP contribution in [-0.4, -0.2) is 23.0 Å². The number of hydrogen-bond acceptors (Lipinski definition) is 4. The first-order valence-corrected chi connectivity index (χ1v) is 6.48. The molecule has 0 radical (unpaired) electrons. The summed E-state index contributed by atoms with van der Waals surface area (Å²) in [4.78, 5) is 7.91. The number of likely N-dealkylation sites (tertiary alicyclic amines) is 1. The van der Waals surface area contributed by atoms with E-state index >= 15 is 0 Å². The quantitative estimate of drug-likeness (QED) is 0.890. The summed E-state index contributed by atoms with van der Waals surface area (Å²) in [6.07, 6.45) is 5.94. The summed E-state index contributed by atoms with van der Waals surface area (Å²) in [7, 11) is 0. The number of nitrogens with two attached hydrogens (primary N) is 1. The van der Waals surface area contributed by atoms with Crippen LogP contribution in [0.25, 0.3) is 0 Å². The molecule has 0 aliphatic carbocycles. The molecule has 1 aliphatic heterocycles. The predicted molar refractivity (Wildman–Crippen MR) is 72.1 cm³/mol. The lowest BCUT2D eigenvalue weighted by Gasteiger charge is -2.18. The Hall–Kier alpha value is -0.320. The maximum atomic E-state index is 5.63. The Balaban J connectivity index is 0.00000128. The van der Waals surface area contributed by atoms with Crippen LogP contribution in [0.5, 0.6) is 0 Å². The molecular formula is C11H20ClN3S. The fourth-order valence-electron chi connectivity index (χ4n) is 2.10. The fourth-order valence-corrected chi connectivity index (χ4v) is 2.82. The van der Waals surface area contributed by atoms with Crippen LogP contribution in [0.15, 0.2) is 6.20 Å². The van der Waals surface area contributed by atoms with Crippen molar-refractivity contribution in [3.8, 4) is 0 Å². The largest absolute Gasteiger partial charge is 0.375 e. The van der Waals surface area contributed by atoms with Gasteiger partial charge >= 0.3 is 0 Å².